The lowest BCUT2D eigenvalue weighted by Crippen LogP contribution is -2.23. The number of benzene rings is 2. The molecule has 1 aliphatic heterocycles. The molecule has 0 aliphatic carbocycles. The third-order valence-corrected chi connectivity index (χ3v) is 8.11. The fourth-order valence-corrected chi connectivity index (χ4v) is 6.24. The normalized spacial score (nSPS) is 17.3. The standard InChI is InChI=1S/C23H22N2O2S2/c24-14-19-3-1-4-22(13-19)29(26,27)17-20-10-11-25(16-20)15-18-6-8-21(9-7-18)23-5-2-12-28-23/h1-9,12-13,20H,10-11,15-17H2/t20-/m1/s1. The van der Waals surface area contributed by atoms with E-state index in [9.17, 15) is 8.42 Å². The number of nitrogens with zero attached hydrogens (tertiary/aromatic N) is 2. The van der Waals surface area contributed by atoms with E-state index >= 15 is 0 Å². The third-order valence-electron chi connectivity index (χ3n) is 5.31. The molecule has 0 amide bonds. The molecule has 0 bridgehead atoms. The van der Waals surface area contributed by atoms with Crippen LogP contribution in [-0.2, 0) is 16.4 Å². The average molecular weight is 423 g/mol. The summed E-state index contributed by atoms with van der Waals surface area (Å²) in [6.45, 7) is 2.53. The van der Waals surface area contributed by atoms with Crippen LogP contribution in [0.25, 0.3) is 10.4 Å². The molecular weight excluding hydrogens is 400 g/mol. The summed E-state index contributed by atoms with van der Waals surface area (Å²) in [5.41, 5.74) is 2.86. The van der Waals surface area contributed by atoms with Gasteiger partial charge in [-0.05, 0) is 59.7 Å². The van der Waals surface area contributed by atoms with Gasteiger partial charge in [-0.3, -0.25) is 4.90 Å². The average Bonchev–Trinajstić information content (AvgIpc) is 3.41. The van der Waals surface area contributed by atoms with Gasteiger partial charge in [0.1, 0.15) is 0 Å². The first-order valence-electron chi connectivity index (χ1n) is 9.61. The highest BCUT2D eigenvalue weighted by Gasteiger charge is 2.28. The highest BCUT2D eigenvalue weighted by atomic mass is 32.2. The van der Waals surface area contributed by atoms with E-state index in [0.717, 1.165) is 26.1 Å². The molecule has 4 rings (SSSR count). The topological polar surface area (TPSA) is 61.2 Å². The minimum Gasteiger partial charge on any atom is -0.299 e. The van der Waals surface area contributed by atoms with E-state index < -0.39 is 9.84 Å². The van der Waals surface area contributed by atoms with Crippen molar-refractivity contribution in [3.63, 3.8) is 0 Å². The van der Waals surface area contributed by atoms with Gasteiger partial charge in [0.2, 0.25) is 0 Å². The van der Waals surface area contributed by atoms with E-state index in [-0.39, 0.29) is 16.6 Å². The van der Waals surface area contributed by atoms with Gasteiger partial charge >= 0.3 is 0 Å². The summed E-state index contributed by atoms with van der Waals surface area (Å²) in [7, 11) is -3.38. The Kier molecular flexibility index (Phi) is 5.81. The summed E-state index contributed by atoms with van der Waals surface area (Å²) in [6.07, 6.45) is 0.879. The number of thiophene rings is 1. The molecule has 0 N–H and O–H groups in total. The van der Waals surface area contributed by atoms with Crippen molar-refractivity contribution in [3.05, 3.63) is 77.2 Å². The van der Waals surface area contributed by atoms with Gasteiger partial charge in [-0.1, -0.05) is 36.4 Å². The molecule has 148 valence electrons. The first kappa shape index (κ1) is 19.8. The third kappa shape index (κ3) is 4.76. The molecule has 6 heteroatoms. The van der Waals surface area contributed by atoms with E-state index in [1.165, 1.54) is 22.1 Å². The van der Waals surface area contributed by atoms with Crippen LogP contribution in [0.5, 0.6) is 0 Å². The quantitative estimate of drug-likeness (QED) is 0.583. The molecule has 0 radical (unpaired) electrons. The second-order valence-electron chi connectivity index (χ2n) is 7.49. The van der Waals surface area contributed by atoms with Gasteiger partial charge in [-0.25, -0.2) is 8.42 Å². The summed E-state index contributed by atoms with van der Waals surface area (Å²) in [6, 6.07) is 21.1. The fraction of sp³-hybridized carbons (Fsp3) is 0.261. The van der Waals surface area contributed by atoms with E-state index in [0.29, 0.717) is 5.56 Å². The second-order valence-corrected chi connectivity index (χ2v) is 10.5. The molecule has 0 spiro atoms. The molecule has 2 heterocycles. The van der Waals surface area contributed by atoms with Crippen molar-refractivity contribution in [1.82, 2.24) is 4.90 Å². The highest BCUT2D eigenvalue weighted by molar-refractivity contribution is 7.91. The molecule has 1 aromatic heterocycles. The second kappa shape index (κ2) is 8.50. The predicted octanol–water partition coefficient (Wildman–Crippen LogP) is 4.58. The molecule has 2 aromatic carbocycles. The van der Waals surface area contributed by atoms with Gasteiger partial charge in [0, 0.05) is 18.0 Å². The van der Waals surface area contributed by atoms with Crippen LogP contribution in [0.3, 0.4) is 0 Å². The zero-order valence-corrected chi connectivity index (χ0v) is 17.6. The molecule has 1 saturated heterocycles. The Balaban J connectivity index is 1.36. The van der Waals surface area contributed by atoms with Crippen molar-refractivity contribution in [3.8, 4) is 16.5 Å². The maximum absolute atomic E-state index is 12.7. The van der Waals surface area contributed by atoms with Gasteiger partial charge < -0.3 is 0 Å². The van der Waals surface area contributed by atoms with Gasteiger partial charge in [0.15, 0.2) is 9.84 Å². The summed E-state index contributed by atoms with van der Waals surface area (Å²) >= 11 is 1.74. The van der Waals surface area contributed by atoms with Crippen molar-refractivity contribution >= 4 is 21.2 Å². The number of likely N-dealkylation sites (tertiary alicyclic amines) is 1. The van der Waals surface area contributed by atoms with Crippen LogP contribution >= 0.6 is 11.3 Å². The van der Waals surface area contributed by atoms with Crippen LogP contribution < -0.4 is 0 Å². The molecular formula is C23H22N2O2S2. The summed E-state index contributed by atoms with van der Waals surface area (Å²) < 4.78 is 25.5. The number of hydrogen-bond donors (Lipinski definition) is 0. The Morgan fingerprint density at radius 1 is 1.10 bits per heavy atom. The first-order chi connectivity index (χ1) is 14.0. The number of nitriles is 1. The molecule has 0 unspecified atom stereocenters. The molecule has 29 heavy (non-hydrogen) atoms. The fourth-order valence-electron chi connectivity index (χ4n) is 3.83. The van der Waals surface area contributed by atoms with Crippen molar-refractivity contribution in [2.24, 2.45) is 5.92 Å². The van der Waals surface area contributed by atoms with Crippen molar-refractivity contribution in [1.29, 1.82) is 5.26 Å². The molecule has 4 nitrogen and oxygen atoms in total. The zero-order valence-electron chi connectivity index (χ0n) is 16.0. The summed E-state index contributed by atoms with van der Waals surface area (Å²) in [4.78, 5) is 3.84. The van der Waals surface area contributed by atoms with Crippen LogP contribution in [0.15, 0.2) is 70.9 Å². The van der Waals surface area contributed by atoms with E-state index in [1.807, 2.05) is 6.07 Å². The van der Waals surface area contributed by atoms with E-state index in [1.54, 1.807) is 29.5 Å². The number of hydrogen-bond acceptors (Lipinski definition) is 5. The Labute approximate surface area is 176 Å². The largest absolute Gasteiger partial charge is 0.299 e. The van der Waals surface area contributed by atoms with E-state index in [4.69, 9.17) is 5.26 Å². The Morgan fingerprint density at radius 2 is 1.93 bits per heavy atom. The maximum atomic E-state index is 12.7. The summed E-state index contributed by atoms with van der Waals surface area (Å²) in [5, 5.41) is 11.1. The van der Waals surface area contributed by atoms with Crippen LogP contribution in [0.4, 0.5) is 0 Å². The van der Waals surface area contributed by atoms with Crippen LogP contribution in [0, 0.1) is 17.2 Å². The lowest BCUT2D eigenvalue weighted by atomic mass is 10.1. The van der Waals surface area contributed by atoms with Gasteiger partial charge in [-0.2, -0.15) is 5.26 Å². The Bertz CT molecular complexity index is 1110. The minimum absolute atomic E-state index is 0.121. The van der Waals surface area contributed by atoms with Crippen LogP contribution in [0.2, 0.25) is 0 Å². The first-order valence-corrected chi connectivity index (χ1v) is 12.1. The number of sulfone groups is 1. The zero-order chi connectivity index (χ0) is 20.3. The molecule has 1 aliphatic rings. The van der Waals surface area contributed by atoms with Crippen molar-refractivity contribution < 1.29 is 8.42 Å². The molecule has 0 saturated carbocycles. The number of rotatable bonds is 6. The molecule has 1 atom stereocenters. The van der Waals surface area contributed by atoms with Gasteiger partial charge in [0.25, 0.3) is 0 Å². The minimum atomic E-state index is -3.38. The van der Waals surface area contributed by atoms with Crippen molar-refractivity contribution in [2.75, 3.05) is 18.8 Å². The van der Waals surface area contributed by atoms with Crippen molar-refractivity contribution in [2.45, 2.75) is 17.9 Å². The van der Waals surface area contributed by atoms with E-state index in [2.05, 4.69) is 46.7 Å². The van der Waals surface area contributed by atoms with Crippen LogP contribution in [-0.4, -0.2) is 32.2 Å². The Hall–Kier alpha value is -2.46. The Morgan fingerprint density at radius 3 is 2.66 bits per heavy atom. The maximum Gasteiger partial charge on any atom is 0.178 e. The van der Waals surface area contributed by atoms with Gasteiger partial charge in [0.05, 0.1) is 22.3 Å². The lowest BCUT2D eigenvalue weighted by Gasteiger charge is -2.16. The SMILES string of the molecule is N#Cc1cccc(S(=O)(=O)C[C@@H]2CCN(Cc3ccc(-c4cccs4)cc3)C2)c1. The highest BCUT2D eigenvalue weighted by Crippen LogP contribution is 2.27. The molecule has 3 aromatic rings. The van der Waals surface area contributed by atoms with Crippen LogP contribution in [0.1, 0.15) is 17.5 Å². The van der Waals surface area contributed by atoms with Gasteiger partial charge in [-0.15, -0.1) is 11.3 Å². The smallest absolute Gasteiger partial charge is 0.178 e. The lowest BCUT2D eigenvalue weighted by molar-refractivity contribution is 0.320. The molecule has 1 fully saturated rings. The summed E-state index contributed by atoms with van der Waals surface area (Å²) in [5.74, 6) is 0.256. The predicted molar refractivity (Wildman–Crippen MR) is 116 cm³/mol. The monoisotopic (exact) mass is 422 g/mol.